The normalized spacial score (nSPS) is 17.4. The van der Waals surface area contributed by atoms with Crippen molar-refractivity contribution in [3.05, 3.63) is 28.2 Å². The SMILES string of the molecule is Cc1ccc(Br)cc1S(=O)(=O)NCC1(CCO)CC1. The number of aryl methyl sites for hydroxylation is 1. The van der Waals surface area contributed by atoms with Gasteiger partial charge in [0.15, 0.2) is 0 Å². The minimum atomic E-state index is -3.49. The molecular formula is C13H18BrNO3S. The molecule has 1 fully saturated rings. The first-order valence-electron chi connectivity index (χ1n) is 6.25. The fraction of sp³-hybridized carbons (Fsp3) is 0.538. The molecule has 1 aromatic rings. The molecule has 6 heteroatoms. The summed E-state index contributed by atoms with van der Waals surface area (Å²) in [7, 11) is -3.49. The second kappa shape index (κ2) is 5.52. The molecule has 0 radical (unpaired) electrons. The van der Waals surface area contributed by atoms with Crippen LogP contribution in [0.4, 0.5) is 0 Å². The Kier molecular flexibility index (Phi) is 4.35. The molecule has 1 saturated carbocycles. The molecule has 0 unspecified atom stereocenters. The molecule has 0 saturated heterocycles. The van der Waals surface area contributed by atoms with Crippen molar-refractivity contribution in [3.8, 4) is 0 Å². The van der Waals surface area contributed by atoms with E-state index in [1.807, 2.05) is 6.07 Å². The Morgan fingerprint density at radius 3 is 2.68 bits per heavy atom. The van der Waals surface area contributed by atoms with Crippen molar-refractivity contribution in [1.29, 1.82) is 0 Å². The standard InChI is InChI=1S/C13H18BrNO3S/c1-10-2-3-11(14)8-12(10)19(17,18)15-9-13(4-5-13)6-7-16/h2-3,8,15-16H,4-7,9H2,1H3. The maximum atomic E-state index is 12.3. The topological polar surface area (TPSA) is 66.4 Å². The van der Waals surface area contributed by atoms with E-state index in [4.69, 9.17) is 5.11 Å². The third kappa shape index (κ3) is 3.56. The molecule has 2 rings (SSSR count). The smallest absolute Gasteiger partial charge is 0.240 e. The van der Waals surface area contributed by atoms with Crippen molar-refractivity contribution in [2.45, 2.75) is 31.1 Å². The van der Waals surface area contributed by atoms with Gasteiger partial charge < -0.3 is 5.11 Å². The minimum absolute atomic E-state index is 0.0261. The van der Waals surface area contributed by atoms with Gasteiger partial charge in [0.1, 0.15) is 0 Å². The molecule has 106 valence electrons. The van der Waals surface area contributed by atoms with E-state index in [1.165, 1.54) is 0 Å². The minimum Gasteiger partial charge on any atom is -0.396 e. The zero-order valence-corrected chi connectivity index (χ0v) is 13.2. The van der Waals surface area contributed by atoms with Crippen molar-refractivity contribution in [2.75, 3.05) is 13.2 Å². The second-order valence-corrected chi connectivity index (χ2v) is 7.86. The van der Waals surface area contributed by atoms with E-state index in [0.717, 1.165) is 22.9 Å². The lowest BCUT2D eigenvalue weighted by Gasteiger charge is -2.15. The van der Waals surface area contributed by atoms with Crippen LogP contribution in [0.25, 0.3) is 0 Å². The van der Waals surface area contributed by atoms with Gasteiger partial charge in [-0.05, 0) is 49.3 Å². The van der Waals surface area contributed by atoms with Gasteiger partial charge in [-0.1, -0.05) is 22.0 Å². The summed E-state index contributed by atoms with van der Waals surface area (Å²) in [5.41, 5.74) is 0.699. The fourth-order valence-corrected chi connectivity index (χ4v) is 4.06. The van der Waals surface area contributed by atoms with E-state index in [2.05, 4.69) is 20.7 Å². The zero-order chi connectivity index (χ0) is 14.1. The lowest BCUT2D eigenvalue weighted by molar-refractivity contribution is 0.249. The molecule has 1 aromatic carbocycles. The van der Waals surface area contributed by atoms with Crippen molar-refractivity contribution < 1.29 is 13.5 Å². The molecular weight excluding hydrogens is 330 g/mol. The molecule has 2 N–H and O–H groups in total. The average Bonchev–Trinajstić information content (AvgIpc) is 3.11. The number of aliphatic hydroxyl groups excluding tert-OH is 1. The molecule has 0 spiro atoms. The molecule has 4 nitrogen and oxygen atoms in total. The first-order valence-corrected chi connectivity index (χ1v) is 8.53. The van der Waals surface area contributed by atoms with E-state index in [0.29, 0.717) is 17.9 Å². The number of rotatable bonds is 6. The van der Waals surface area contributed by atoms with Crippen LogP contribution < -0.4 is 4.72 Å². The van der Waals surface area contributed by atoms with Crippen LogP contribution in [0.2, 0.25) is 0 Å². The van der Waals surface area contributed by atoms with E-state index in [1.54, 1.807) is 19.1 Å². The molecule has 0 atom stereocenters. The van der Waals surface area contributed by atoms with Crippen LogP contribution in [-0.2, 0) is 10.0 Å². The molecule has 0 aromatic heterocycles. The second-order valence-electron chi connectivity index (χ2n) is 5.21. The Hall–Kier alpha value is -0.430. The van der Waals surface area contributed by atoms with Gasteiger partial charge in [0.2, 0.25) is 10.0 Å². The predicted octanol–water partition coefficient (Wildman–Crippen LogP) is 2.20. The summed E-state index contributed by atoms with van der Waals surface area (Å²) < 4.78 is 28.0. The van der Waals surface area contributed by atoms with Crippen molar-refractivity contribution in [3.63, 3.8) is 0 Å². The van der Waals surface area contributed by atoms with Gasteiger partial charge in [-0.3, -0.25) is 0 Å². The number of halogens is 1. The Labute approximate surface area is 122 Å². The lowest BCUT2D eigenvalue weighted by Crippen LogP contribution is -2.31. The number of nitrogens with one attached hydrogen (secondary N) is 1. The molecule has 0 aliphatic heterocycles. The molecule has 0 amide bonds. The Balaban J connectivity index is 2.12. The maximum absolute atomic E-state index is 12.3. The highest BCUT2D eigenvalue weighted by atomic mass is 79.9. The predicted molar refractivity (Wildman–Crippen MR) is 77.4 cm³/mol. The van der Waals surface area contributed by atoms with Crippen LogP contribution in [0.15, 0.2) is 27.6 Å². The summed E-state index contributed by atoms with van der Waals surface area (Å²) in [5, 5.41) is 8.99. The summed E-state index contributed by atoms with van der Waals surface area (Å²) in [6.07, 6.45) is 2.62. The zero-order valence-electron chi connectivity index (χ0n) is 10.8. The molecule has 0 heterocycles. The summed E-state index contributed by atoms with van der Waals surface area (Å²) in [6, 6.07) is 5.21. The van der Waals surface area contributed by atoms with Crippen LogP contribution in [0, 0.1) is 12.3 Å². The van der Waals surface area contributed by atoms with Crippen LogP contribution in [-0.4, -0.2) is 26.7 Å². The Bertz CT molecular complexity index is 567. The Morgan fingerprint density at radius 2 is 2.11 bits per heavy atom. The maximum Gasteiger partial charge on any atom is 0.240 e. The van der Waals surface area contributed by atoms with Crippen molar-refractivity contribution in [1.82, 2.24) is 4.72 Å². The van der Waals surface area contributed by atoms with Gasteiger partial charge in [-0.25, -0.2) is 13.1 Å². The number of hydrogen-bond donors (Lipinski definition) is 2. The van der Waals surface area contributed by atoms with Crippen LogP contribution in [0.5, 0.6) is 0 Å². The number of benzene rings is 1. The van der Waals surface area contributed by atoms with E-state index >= 15 is 0 Å². The van der Waals surface area contributed by atoms with Crippen molar-refractivity contribution >= 4 is 26.0 Å². The average molecular weight is 348 g/mol. The first-order chi connectivity index (χ1) is 8.88. The third-order valence-electron chi connectivity index (χ3n) is 3.68. The summed E-state index contributed by atoms with van der Waals surface area (Å²) in [5.74, 6) is 0. The van der Waals surface area contributed by atoms with Gasteiger partial charge in [0, 0.05) is 17.6 Å². The monoisotopic (exact) mass is 347 g/mol. The van der Waals surface area contributed by atoms with E-state index in [9.17, 15) is 8.42 Å². The Morgan fingerprint density at radius 1 is 1.42 bits per heavy atom. The highest BCUT2D eigenvalue weighted by Crippen LogP contribution is 2.48. The quantitative estimate of drug-likeness (QED) is 0.828. The summed E-state index contributed by atoms with van der Waals surface area (Å²) >= 11 is 3.29. The highest BCUT2D eigenvalue weighted by molar-refractivity contribution is 9.10. The highest BCUT2D eigenvalue weighted by Gasteiger charge is 2.42. The van der Waals surface area contributed by atoms with Crippen LogP contribution >= 0.6 is 15.9 Å². The van der Waals surface area contributed by atoms with Crippen molar-refractivity contribution in [2.24, 2.45) is 5.41 Å². The fourth-order valence-electron chi connectivity index (χ4n) is 2.12. The molecule has 1 aliphatic rings. The van der Waals surface area contributed by atoms with E-state index < -0.39 is 10.0 Å². The number of sulfonamides is 1. The van der Waals surface area contributed by atoms with Gasteiger partial charge in [0.25, 0.3) is 0 Å². The summed E-state index contributed by atoms with van der Waals surface area (Å²) in [6.45, 7) is 2.29. The molecule has 0 bridgehead atoms. The van der Waals surface area contributed by atoms with Crippen LogP contribution in [0.1, 0.15) is 24.8 Å². The number of aliphatic hydroxyl groups is 1. The first kappa shape index (κ1) is 15.0. The lowest BCUT2D eigenvalue weighted by atomic mass is 10.0. The summed E-state index contributed by atoms with van der Waals surface area (Å²) in [4.78, 5) is 0.307. The molecule has 1 aliphatic carbocycles. The van der Waals surface area contributed by atoms with Gasteiger partial charge in [0.05, 0.1) is 4.90 Å². The van der Waals surface area contributed by atoms with Gasteiger partial charge in [-0.2, -0.15) is 0 Å². The third-order valence-corrected chi connectivity index (χ3v) is 5.71. The number of hydrogen-bond acceptors (Lipinski definition) is 3. The van der Waals surface area contributed by atoms with Crippen LogP contribution in [0.3, 0.4) is 0 Å². The molecule has 19 heavy (non-hydrogen) atoms. The van der Waals surface area contributed by atoms with Gasteiger partial charge in [-0.15, -0.1) is 0 Å². The van der Waals surface area contributed by atoms with E-state index in [-0.39, 0.29) is 12.0 Å². The largest absolute Gasteiger partial charge is 0.396 e. The van der Waals surface area contributed by atoms with Gasteiger partial charge >= 0.3 is 0 Å².